The SMILES string of the molecule is CCCc1nnc(NC(=O)c2cc(C3CC3)nc3c2c(C)nn3C)s1. The van der Waals surface area contributed by atoms with Gasteiger partial charge in [0.15, 0.2) is 5.65 Å². The fourth-order valence-electron chi connectivity index (χ4n) is 3.01. The van der Waals surface area contributed by atoms with Gasteiger partial charge in [-0.25, -0.2) is 4.98 Å². The van der Waals surface area contributed by atoms with Crippen LogP contribution >= 0.6 is 11.3 Å². The van der Waals surface area contributed by atoms with Crippen LogP contribution in [0.3, 0.4) is 0 Å². The Morgan fingerprint density at radius 2 is 2.20 bits per heavy atom. The smallest absolute Gasteiger partial charge is 0.258 e. The standard InChI is InChI=1S/C17H20N6OS/c1-4-5-13-20-21-17(25-13)19-16(24)11-8-12(10-6-7-10)18-15-14(11)9(2)22-23(15)3/h8,10H,4-7H2,1-3H3,(H,19,21,24). The molecule has 0 saturated heterocycles. The third-order valence-electron chi connectivity index (χ3n) is 4.38. The Morgan fingerprint density at radius 1 is 1.40 bits per heavy atom. The number of hydrogen-bond donors (Lipinski definition) is 1. The number of anilines is 1. The summed E-state index contributed by atoms with van der Waals surface area (Å²) in [5.74, 6) is 0.286. The van der Waals surface area contributed by atoms with Crippen molar-refractivity contribution in [3.8, 4) is 0 Å². The minimum Gasteiger partial charge on any atom is -0.296 e. The first kappa shape index (κ1) is 16.1. The topological polar surface area (TPSA) is 85.6 Å². The Bertz CT molecular complexity index is 956. The number of amides is 1. The number of nitrogens with one attached hydrogen (secondary N) is 1. The summed E-state index contributed by atoms with van der Waals surface area (Å²) in [6.45, 7) is 4.00. The molecular weight excluding hydrogens is 336 g/mol. The first-order chi connectivity index (χ1) is 12.1. The van der Waals surface area contributed by atoms with Crippen LogP contribution in [-0.4, -0.2) is 30.9 Å². The molecule has 4 rings (SSSR count). The van der Waals surface area contributed by atoms with E-state index in [-0.39, 0.29) is 5.91 Å². The maximum absolute atomic E-state index is 12.9. The van der Waals surface area contributed by atoms with Gasteiger partial charge in [0.1, 0.15) is 5.01 Å². The van der Waals surface area contributed by atoms with Gasteiger partial charge in [-0.15, -0.1) is 10.2 Å². The Labute approximate surface area is 149 Å². The van der Waals surface area contributed by atoms with Crippen molar-refractivity contribution in [3.63, 3.8) is 0 Å². The number of pyridine rings is 1. The lowest BCUT2D eigenvalue weighted by Crippen LogP contribution is -2.13. The molecule has 0 aromatic carbocycles. The Kier molecular flexibility index (Phi) is 3.99. The van der Waals surface area contributed by atoms with E-state index in [0.717, 1.165) is 53.1 Å². The largest absolute Gasteiger partial charge is 0.296 e. The summed E-state index contributed by atoms with van der Waals surface area (Å²) in [6, 6.07) is 1.91. The fourth-order valence-corrected chi connectivity index (χ4v) is 3.85. The van der Waals surface area contributed by atoms with Crippen LogP contribution in [0, 0.1) is 6.92 Å². The van der Waals surface area contributed by atoms with Gasteiger partial charge >= 0.3 is 0 Å². The molecule has 0 bridgehead atoms. The van der Waals surface area contributed by atoms with Gasteiger partial charge in [0.05, 0.1) is 16.6 Å². The van der Waals surface area contributed by atoms with E-state index in [2.05, 4.69) is 27.5 Å². The average Bonchev–Trinajstić information content (AvgIpc) is 3.29. The van der Waals surface area contributed by atoms with Crippen LogP contribution in [0.2, 0.25) is 0 Å². The Morgan fingerprint density at radius 3 is 2.92 bits per heavy atom. The number of rotatable bonds is 5. The second-order valence-corrected chi connectivity index (χ2v) is 7.54. The maximum atomic E-state index is 12.9. The third-order valence-corrected chi connectivity index (χ3v) is 5.28. The molecule has 0 unspecified atom stereocenters. The van der Waals surface area contributed by atoms with Crippen LogP contribution in [0.1, 0.15) is 58.9 Å². The first-order valence-electron chi connectivity index (χ1n) is 8.54. The molecule has 8 heteroatoms. The highest BCUT2D eigenvalue weighted by Crippen LogP contribution is 2.40. The second kappa shape index (κ2) is 6.18. The Hall–Kier alpha value is -2.35. The van der Waals surface area contributed by atoms with Crippen molar-refractivity contribution in [2.24, 2.45) is 7.05 Å². The molecule has 1 amide bonds. The van der Waals surface area contributed by atoms with E-state index in [0.29, 0.717) is 16.6 Å². The van der Waals surface area contributed by atoms with Crippen molar-refractivity contribution in [2.45, 2.75) is 45.4 Å². The summed E-state index contributed by atoms with van der Waals surface area (Å²) in [5, 5.41) is 17.8. The van der Waals surface area contributed by atoms with E-state index >= 15 is 0 Å². The molecule has 130 valence electrons. The summed E-state index contributed by atoms with van der Waals surface area (Å²) in [5.41, 5.74) is 3.16. The lowest BCUT2D eigenvalue weighted by atomic mass is 10.1. The molecule has 0 atom stereocenters. The molecule has 1 fully saturated rings. The van der Waals surface area contributed by atoms with Gasteiger partial charge in [0.2, 0.25) is 5.13 Å². The van der Waals surface area contributed by atoms with Gasteiger partial charge in [-0.05, 0) is 32.3 Å². The molecule has 3 heterocycles. The van der Waals surface area contributed by atoms with Crippen molar-refractivity contribution in [3.05, 3.63) is 28.0 Å². The van der Waals surface area contributed by atoms with Crippen LogP contribution in [-0.2, 0) is 13.5 Å². The zero-order chi connectivity index (χ0) is 17.6. The lowest BCUT2D eigenvalue weighted by molar-refractivity contribution is 0.102. The molecule has 3 aromatic rings. The van der Waals surface area contributed by atoms with Gasteiger partial charge in [-0.1, -0.05) is 18.3 Å². The molecule has 0 spiro atoms. The summed E-state index contributed by atoms with van der Waals surface area (Å²) in [6.07, 6.45) is 4.15. The van der Waals surface area contributed by atoms with E-state index < -0.39 is 0 Å². The highest BCUT2D eigenvalue weighted by molar-refractivity contribution is 7.15. The Balaban J connectivity index is 1.72. The molecule has 0 aliphatic heterocycles. The molecule has 1 aliphatic carbocycles. The molecular formula is C17H20N6OS. The number of aryl methyl sites for hydroxylation is 3. The maximum Gasteiger partial charge on any atom is 0.258 e. The van der Waals surface area contributed by atoms with Crippen LogP contribution < -0.4 is 5.32 Å². The molecule has 7 nitrogen and oxygen atoms in total. The minimum atomic E-state index is -0.176. The van der Waals surface area contributed by atoms with E-state index in [1.165, 1.54) is 11.3 Å². The van der Waals surface area contributed by atoms with E-state index in [9.17, 15) is 4.79 Å². The highest BCUT2D eigenvalue weighted by atomic mass is 32.1. The van der Waals surface area contributed by atoms with Crippen LogP contribution in [0.4, 0.5) is 5.13 Å². The third kappa shape index (κ3) is 3.02. The molecule has 0 radical (unpaired) electrons. The van der Waals surface area contributed by atoms with Gasteiger partial charge < -0.3 is 0 Å². The van der Waals surface area contributed by atoms with Gasteiger partial charge in [-0.2, -0.15) is 5.10 Å². The quantitative estimate of drug-likeness (QED) is 0.759. The summed E-state index contributed by atoms with van der Waals surface area (Å²) < 4.78 is 1.75. The van der Waals surface area contributed by atoms with Crippen LogP contribution in [0.15, 0.2) is 6.07 Å². The molecule has 1 saturated carbocycles. The molecule has 1 aliphatic rings. The average molecular weight is 356 g/mol. The minimum absolute atomic E-state index is 0.176. The van der Waals surface area contributed by atoms with Gasteiger partial charge in [-0.3, -0.25) is 14.8 Å². The monoisotopic (exact) mass is 356 g/mol. The van der Waals surface area contributed by atoms with Gasteiger partial charge in [0, 0.05) is 25.1 Å². The van der Waals surface area contributed by atoms with Crippen molar-refractivity contribution in [1.82, 2.24) is 25.0 Å². The van der Waals surface area contributed by atoms with Crippen molar-refractivity contribution in [2.75, 3.05) is 5.32 Å². The van der Waals surface area contributed by atoms with E-state index in [1.54, 1.807) is 4.68 Å². The van der Waals surface area contributed by atoms with E-state index in [4.69, 9.17) is 4.98 Å². The number of fused-ring (bicyclic) bond motifs is 1. The number of nitrogens with zero attached hydrogens (tertiary/aromatic N) is 5. The predicted octanol–water partition coefficient (Wildman–Crippen LogP) is 3.21. The number of carbonyl (C=O) groups is 1. The fraction of sp³-hybridized carbons (Fsp3) is 0.471. The van der Waals surface area contributed by atoms with E-state index in [1.807, 2.05) is 20.0 Å². The second-order valence-electron chi connectivity index (χ2n) is 6.48. The van der Waals surface area contributed by atoms with Crippen molar-refractivity contribution < 1.29 is 4.79 Å². The number of hydrogen-bond acceptors (Lipinski definition) is 6. The zero-order valence-electron chi connectivity index (χ0n) is 14.5. The van der Waals surface area contributed by atoms with Crippen LogP contribution in [0.25, 0.3) is 11.0 Å². The molecule has 3 aromatic heterocycles. The summed E-state index contributed by atoms with van der Waals surface area (Å²) >= 11 is 1.43. The predicted molar refractivity (Wildman–Crippen MR) is 97.1 cm³/mol. The number of aromatic nitrogens is 5. The van der Waals surface area contributed by atoms with Crippen LogP contribution in [0.5, 0.6) is 0 Å². The van der Waals surface area contributed by atoms with Gasteiger partial charge in [0.25, 0.3) is 5.91 Å². The summed E-state index contributed by atoms with van der Waals surface area (Å²) in [4.78, 5) is 17.6. The highest BCUT2D eigenvalue weighted by Gasteiger charge is 2.28. The summed E-state index contributed by atoms with van der Waals surface area (Å²) in [7, 11) is 1.86. The molecule has 25 heavy (non-hydrogen) atoms. The molecule has 1 N–H and O–H groups in total. The first-order valence-corrected chi connectivity index (χ1v) is 9.36. The zero-order valence-corrected chi connectivity index (χ0v) is 15.4. The number of carbonyl (C=O) groups excluding carboxylic acids is 1. The van der Waals surface area contributed by atoms with Crippen molar-refractivity contribution >= 4 is 33.4 Å². The van der Waals surface area contributed by atoms with Crippen molar-refractivity contribution in [1.29, 1.82) is 0 Å². The normalized spacial score (nSPS) is 14.2. The lowest BCUT2D eigenvalue weighted by Gasteiger charge is -2.07.